The van der Waals surface area contributed by atoms with Crippen LogP contribution in [0.15, 0.2) is 46.4 Å². The fraction of sp³-hybridized carbons (Fsp3) is 0.333. The zero-order chi connectivity index (χ0) is 19.1. The van der Waals surface area contributed by atoms with Crippen LogP contribution in [0, 0.1) is 11.3 Å². The van der Waals surface area contributed by atoms with Crippen LogP contribution in [0.2, 0.25) is 0 Å². The summed E-state index contributed by atoms with van der Waals surface area (Å²) in [5.74, 6) is -1.42. The SMILES string of the molecule is CCOC(=O)CSC1=C(C#N)C(c2ccncc2)C(C(=O)OC)=C(C)N1. The second kappa shape index (κ2) is 9.06. The van der Waals surface area contributed by atoms with Gasteiger partial charge in [0.1, 0.15) is 0 Å². The molecule has 2 heterocycles. The molecular weight excluding hydrogens is 354 g/mol. The molecular formula is C18H19N3O4S. The maximum atomic E-state index is 12.3. The van der Waals surface area contributed by atoms with Crippen LogP contribution in [0.4, 0.5) is 0 Å². The van der Waals surface area contributed by atoms with Crippen LogP contribution in [0.1, 0.15) is 25.3 Å². The molecule has 0 aliphatic carbocycles. The number of nitrogens with zero attached hydrogens (tertiary/aromatic N) is 2. The summed E-state index contributed by atoms with van der Waals surface area (Å²) in [6, 6.07) is 5.66. The number of allylic oxidation sites excluding steroid dienone is 2. The number of rotatable bonds is 6. The number of dihydropyridines is 1. The van der Waals surface area contributed by atoms with Crippen molar-refractivity contribution < 1.29 is 19.1 Å². The van der Waals surface area contributed by atoms with Crippen molar-refractivity contribution in [3.63, 3.8) is 0 Å². The lowest BCUT2D eigenvalue weighted by Crippen LogP contribution is -2.28. The molecule has 26 heavy (non-hydrogen) atoms. The standard InChI is InChI=1S/C18H19N3O4S/c1-4-25-14(22)10-26-17-13(9-19)16(12-5-7-20-8-6-12)15(11(2)21-17)18(23)24-3/h5-8,16,21H,4,10H2,1-3H3. The summed E-state index contributed by atoms with van der Waals surface area (Å²) in [7, 11) is 1.30. The van der Waals surface area contributed by atoms with E-state index < -0.39 is 11.9 Å². The molecule has 1 aliphatic heterocycles. The first-order chi connectivity index (χ1) is 12.5. The van der Waals surface area contributed by atoms with Crippen LogP contribution in [0.5, 0.6) is 0 Å². The van der Waals surface area contributed by atoms with Gasteiger partial charge in [0.05, 0.1) is 47.6 Å². The molecule has 1 unspecified atom stereocenters. The number of esters is 2. The van der Waals surface area contributed by atoms with Gasteiger partial charge >= 0.3 is 11.9 Å². The van der Waals surface area contributed by atoms with E-state index in [1.165, 1.54) is 18.9 Å². The monoisotopic (exact) mass is 373 g/mol. The number of carbonyl (C=O) groups excluding carboxylic acids is 2. The van der Waals surface area contributed by atoms with Gasteiger partial charge in [0.15, 0.2) is 0 Å². The molecule has 0 spiro atoms. The molecule has 0 radical (unpaired) electrons. The Balaban J connectivity index is 2.46. The molecule has 1 N–H and O–H groups in total. The highest BCUT2D eigenvalue weighted by molar-refractivity contribution is 8.03. The molecule has 1 atom stereocenters. The topological polar surface area (TPSA) is 101 Å². The number of ether oxygens (including phenoxy) is 2. The predicted octanol–water partition coefficient (Wildman–Crippen LogP) is 2.25. The molecule has 8 heteroatoms. The summed E-state index contributed by atoms with van der Waals surface area (Å²) in [6.07, 6.45) is 3.20. The molecule has 1 aliphatic rings. The van der Waals surface area contributed by atoms with Gasteiger partial charge in [-0.2, -0.15) is 5.26 Å². The maximum Gasteiger partial charge on any atom is 0.336 e. The Morgan fingerprint density at radius 3 is 2.65 bits per heavy atom. The minimum absolute atomic E-state index is 0.0608. The first-order valence-electron chi connectivity index (χ1n) is 7.92. The van der Waals surface area contributed by atoms with E-state index in [1.54, 1.807) is 38.4 Å². The number of thioether (sulfide) groups is 1. The Labute approximate surface area is 156 Å². The fourth-order valence-electron chi connectivity index (χ4n) is 2.63. The number of nitriles is 1. The number of hydrogen-bond acceptors (Lipinski definition) is 8. The molecule has 2 rings (SSSR count). The molecule has 7 nitrogen and oxygen atoms in total. The normalized spacial score (nSPS) is 16.6. The minimum Gasteiger partial charge on any atom is -0.466 e. The van der Waals surface area contributed by atoms with Gasteiger partial charge in [0.2, 0.25) is 0 Å². The van der Waals surface area contributed by atoms with Gasteiger partial charge in [0.25, 0.3) is 0 Å². The van der Waals surface area contributed by atoms with Crippen molar-refractivity contribution in [3.05, 3.63) is 52.0 Å². The highest BCUT2D eigenvalue weighted by atomic mass is 32.2. The van der Waals surface area contributed by atoms with Gasteiger partial charge in [-0.15, -0.1) is 0 Å². The number of methoxy groups -OCH3 is 1. The van der Waals surface area contributed by atoms with Crippen molar-refractivity contribution in [2.75, 3.05) is 19.5 Å². The second-order valence-electron chi connectivity index (χ2n) is 5.32. The van der Waals surface area contributed by atoms with Crippen molar-refractivity contribution in [2.24, 2.45) is 0 Å². The van der Waals surface area contributed by atoms with Crippen molar-refractivity contribution >= 4 is 23.7 Å². The third kappa shape index (κ3) is 4.24. The number of carbonyl (C=O) groups is 2. The first-order valence-corrected chi connectivity index (χ1v) is 8.90. The van der Waals surface area contributed by atoms with Gasteiger partial charge in [-0.3, -0.25) is 9.78 Å². The molecule has 0 aromatic carbocycles. The lowest BCUT2D eigenvalue weighted by Gasteiger charge is -2.28. The summed E-state index contributed by atoms with van der Waals surface area (Å²) < 4.78 is 9.83. The average molecular weight is 373 g/mol. The lowest BCUT2D eigenvalue weighted by atomic mass is 9.83. The van der Waals surface area contributed by atoms with E-state index in [0.29, 0.717) is 28.5 Å². The maximum absolute atomic E-state index is 12.3. The smallest absolute Gasteiger partial charge is 0.336 e. The Morgan fingerprint density at radius 1 is 1.38 bits per heavy atom. The van der Waals surface area contributed by atoms with Gasteiger partial charge < -0.3 is 14.8 Å². The van der Waals surface area contributed by atoms with Crippen LogP contribution in [0.25, 0.3) is 0 Å². The predicted molar refractivity (Wildman–Crippen MR) is 96.6 cm³/mol. The van der Waals surface area contributed by atoms with Gasteiger partial charge in [-0.05, 0) is 31.5 Å². The summed E-state index contributed by atoms with van der Waals surface area (Å²) in [5, 5.41) is 13.3. The second-order valence-corrected chi connectivity index (χ2v) is 6.30. The number of hydrogen-bond donors (Lipinski definition) is 1. The first kappa shape index (κ1) is 19.5. The van der Waals surface area contributed by atoms with E-state index in [4.69, 9.17) is 9.47 Å². The van der Waals surface area contributed by atoms with E-state index in [-0.39, 0.29) is 11.7 Å². The quantitative estimate of drug-likeness (QED) is 0.758. The zero-order valence-corrected chi connectivity index (χ0v) is 15.6. The number of aromatic nitrogens is 1. The van der Waals surface area contributed by atoms with Gasteiger partial charge in [-0.25, -0.2) is 4.79 Å². The molecule has 1 aromatic rings. The summed E-state index contributed by atoms with van der Waals surface area (Å²) in [6.45, 7) is 3.76. The van der Waals surface area contributed by atoms with Crippen molar-refractivity contribution in [2.45, 2.75) is 19.8 Å². The fourth-order valence-corrected chi connectivity index (χ4v) is 3.52. The Hall–Kier alpha value is -2.79. The highest BCUT2D eigenvalue weighted by Gasteiger charge is 2.35. The van der Waals surface area contributed by atoms with Crippen LogP contribution in [-0.4, -0.2) is 36.4 Å². The average Bonchev–Trinajstić information content (AvgIpc) is 2.66. The largest absolute Gasteiger partial charge is 0.466 e. The minimum atomic E-state index is -0.596. The van der Waals surface area contributed by atoms with E-state index in [1.807, 2.05) is 0 Å². The van der Waals surface area contributed by atoms with Crippen LogP contribution in [-0.2, 0) is 19.1 Å². The highest BCUT2D eigenvalue weighted by Crippen LogP contribution is 2.40. The number of pyridine rings is 1. The third-order valence-electron chi connectivity index (χ3n) is 3.73. The van der Waals surface area contributed by atoms with Gasteiger partial charge in [-0.1, -0.05) is 11.8 Å². The lowest BCUT2D eigenvalue weighted by molar-refractivity contribution is -0.140. The summed E-state index contributed by atoms with van der Waals surface area (Å²) >= 11 is 1.17. The molecule has 1 aromatic heterocycles. The third-order valence-corrected chi connectivity index (χ3v) is 4.72. The molecule has 136 valence electrons. The van der Waals surface area contributed by atoms with E-state index in [0.717, 1.165) is 5.56 Å². The van der Waals surface area contributed by atoms with Crippen molar-refractivity contribution in [3.8, 4) is 6.07 Å². The van der Waals surface area contributed by atoms with Crippen LogP contribution < -0.4 is 5.32 Å². The zero-order valence-electron chi connectivity index (χ0n) is 14.7. The Morgan fingerprint density at radius 2 is 2.08 bits per heavy atom. The number of nitrogens with one attached hydrogen (secondary N) is 1. The molecule has 0 fully saturated rings. The summed E-state index contributed by atoms with van der Waals surface area (Å²) in [4.78, 5) is 28.0. The molecule has 0 bridgehead atoms. The van der Waals surface area contributed by atoms with Crippen LogP contribution >= 0.6 is 11.8 Å². The van der Waals surface area contributed by atoms with E-state index in [9.17, 15) is 14.9 Å². The van der Waals surface area contributed by atoms with Gasteiger partial charge in [0, 0.05) is 18.1 Å². The van der Waals surface area contributed by atoms with E-state index >= 15 is 0 Å². The molecule has 0 saturated heterocycles. The molecule has 0 amide bonds. The van der Waals surface area contributed by atoms with Crippen molar-refractivity contribution in [1.29, 1.82) is 5.26 Å². The summed E-state index contributed by atoms with van der Waals surface area (Å²) in [5.41, 5.74) is 2.02. The van der Waals surface area contributed by atoms with Crippen LogP contribution in [0.3, 0.4) is 0 Å². The Kier molecular flexibility index (Phi) is 6.81. The van der Waals surface area contributed by atoms with Crippen molar-refractivity contribution in [1.82, 2.24) is 10.3 Å². The van der Waals surface area contributed by atoms with E-state index in [2.05, 4.69) is 16.4 Å². The Bertz CT molecular complexity index is 796. The molecule has 0 saturated carbocycles.